The van der Waals surface area contributed by atoms with Crippen LogP contribution in [0.1, 0.15) is 6.42 Å². The van der Waals surface area contributed by atoms with E-state index in [0.717, 1.165) is 36.8 Å². The zero-order valence-corrected chi connectivity index (χ0v) is 9.67. The number of nitrogens with one attached hydrogen (secondary N) is 1. The molecule has 1 atom stereocenters. The number of nitrogens with two attached hydrogens (primary N) is 1. The Hall–Kier alpha value is -1.89. The summed E-state index contributed by atoms with van der Waals surface area (Å²) >= 11 is 0. The van der Waals surface area contributed by atoms with E-state index in [1.54, 1.807) is 10.9 Å². The third-order valence-corrected chi connectivity index (χ3v) is 2.96. The molecule has 1 aliphatic heterocycles. The lowest BCUT2D eigenvalue weighted by Gasteiger charge is -2.11. The van der Waals surface area contributed by atoms with E-state index in [1.165, 1.54) is 0 Å². The number of aromatic nitrogens is 5. The number of nitrogens with zero attached hydrogens (tertiary/aromatic N) is 5. The van der Waals surface area contributed by atoms with Gasteiger partial charge in [0.1, 0.15) is 0 Å². The molecule has 3 heterocycles. The standard InChI is InChI=1S/C10H15N7/c1-16-5-7(4-12-16)9-13-10(15-14-9)17-3-2-8(11)6-17/h4-5,8H,2-3,6,11H2,1H3,(H,13,14,15). The van der Waals surface area contributed by atoms with Crippen molar-refractivity contribution in [2.45, 2.75) is 12.5 Å². The first-order chi connectivity index (χ1) is 8.22. The van der Waals surface area contributed by atoms with Crippen LogP contribution < -0.4 is 10.6 Å². The summed E-state index contributed by atoms with van der Waals surface area (Å²) in [5.74, 6) is 1.46. The van der Waals surface area contributed by atoms with Gasteiger partial charge in [-0.2, -0.15) is 10.1 Å². The zero-order valence-electron chi connectivity index (χ0n) is 9.67. The van der Waals surface area contributed by atoms with E-state index in [0.29, 0.717) is 0 Å². The van der Waals surface area contributed by atoms with Crippen molar-refractivity contribution < 1.29 is 0 Å². The van der Waals surface area contributed by atoms with Crippen LogP contribution in [0.25, 0.3) is 11.4 Å². The molecule has 0 aliphatic carbocycles. The number of aryl methyl sites for hydroxylation is 1. The molecule has 3 N–H and O–H groups in total. The molecule has 0 spiro atoms. The van der Waals surface area contributed by atoms with Gasteiger partial charge in [0, 0.05) is 32.4 Å². The van der Waals surface area contributed by atoms with Gasteiger partial charge < -0.3 is 10.6 Å². The molecule has 2 aromatic heterocycles. The van der Waals surface area contributed by atoms with Crippen LogP contribution in [0.2, 0.25) is 0 Å². The Balaban J connectivity index is 1.83. The molecule has 90 valence electrons. The Morgan fingerprint density at radius 3 is 3.06 bits per heavy atom. The SMILES string of the molecule is Cn1cc(-c2nc(N3CCC(N)C3)n[nH]2)cn1. The first-order valence-corrected chi connectivity index (χ1v) is 5.64. The van der Waals surface area contributed by atoms with Gasteiger partial charge in [0.25, 0.3) is 0 Å². The third-order valence-electron chi connectivity index (χ3n) is 2.96. The fourth-order valence-electron chi connectivity index (χ4n) is 2.04. The highest BCUT2D eigenvalue weighted by molar-refractivity contribution is 5.54. The van der Waals surface area contributed by atoms with Gasteiger partial charge in [0.2, 0.25) is 5.95 Å². The number of aromatic amines is 1. The summed E-state index contributed by atoms with van der Waals surface area (Å²) < 4.78 is 1.74. The fourth-order valence-corrected chi connectivity index (χ4v) is 2.04. The van der Waals surface area contributed by atoms with Gasteiger partial charge >= 0.3 is 0 Å². The Bertz CT molecular complexity index is 514. The molecule has 0 saturated carbocycles. The molecule has 0 radical (unpaired) electrons. The molecule has 1 saturated heterocycles. The minimum absolute atomic E-state index is 0.232. The molecule has 2 aromatic rings. The van der Waals surface area contributed by atoms with Crippen LogP contribution in [0.4, 0.5) is 5.95 Å². The first-order valence-electron chi connectivity index (χ1n) is 5.64. The van der Waals surface area contributed by atoms with Gasteiger partial charge in [-0.15, -0.1) is 5.10 Å². The summed E-state index contributed by atoms with van der Waals surface area (Å²) in [6, 6.07) is 0.232. The monoisotopic (exact) mass is 233 g/mol. The second kappa shape index (κ2) is 3.85. The molecular formula is C10H15N7. The Labute approximate surface area is 98.6 Å². The van der Waals surface area contributed by atoms with Gasteiger partial charge in [-0.1, -0.05) is 0 Å². The molecular weight excluding hydrogens is 218 g/mol. The summed E-state index contributed by atoms with van der Waals surface area (Å²) in [5, 5.41) is 11.3. The molecule has 7 nitrogen and oxygen atoms in total. The maximum Gasteiger partial charge on any atom is 0.245 e. The van der Waals surface area contributed by atoms with Crippen molar-refractivity contribution >= 4 is 5.95 Å². The second-order valence-corrected chi connectivity index (χ2v) is 4.38. The van der Waals surface area contributed by atoms with Crippen molar-refractivity contribution in [3.8, 4) is 11.4 Å². The number of H-pyrrole nitrogens is 1. The zero-order chi connectivity index (χ0) is 11.8. The molecule has 0 amide bonds. The largest absolute Gasteiger partial charge is 0.338 e. The summed E-state index contributed by atoms with van der Waals surface area (Å²) in [5.41, 5.74) is 6.80. The second-order valence-electron chi connectivity index (χ2n) is 4.38. The van der Waals surface area contributed by atoms with Crippen LogP contribution >= 0.6 is 0 Å². The number of hydrogen-bond donors (Lipinski definition) is 2. The molecule has 1 fully saturated rings. The molecule has 7 heteroatoms. The molecule has 0 bridgehead atoms. The average Bonchev–Trinajstić information content (AvgIpc) is 2.96. The summed E-state index contributed by atoms with van der Waals surface area (Å²) in [7, 11) is 1.88. The number of hydrogen-bond acceptors (Lipinski definition) is 5. The van der Waals surface area contributed by atoms with E-state index in [2.05, 4.69) is 25.2 Å². The molecule has 3 rings (SSSR count). The Morgan fingerprint density at radius 1 is 1.53 bits per heavy atom. The van der Waals surface area contributed by atoms with E-state index >= 15 is 0 Å². The van der Waals surface area contributed by atoms with Crippen LogP contribution in [0.3, 0.4) is 0 Å². The van der Waals surface area contributed by atoms with Gasteiger partial charge in [0.05, 0.1) is 11.8 Å². The van der Waals surface area contributed by atoms with Crippen LogP contribution in [-0.2, 0) is 7.05 Å². The molecule has 1 unspecified atom stereocenters. The Morgan fingerprint density at radius 2 is 2.41 bits per heavy atom. The lowest BCUT2D eigenvalue weighted by molar-refractivity contribution is 0.750. The van der Waals surface area contributed by atoms with Gasteiger partial charge in [0.15, 0.2) is 5.82 Å². The summed E-state index contributed by atoms with van der Waals surface area (Å²) in [6.45, 7) is 1.75. The van der Waals surface area contributed by atoms with E-state index < -0.39 is 0 Å². The highest BCUT2D eigenvalue weighted by atomic mass is 15.4. The number of anilines is 1. The smallest absolute Gasteiger partial charge is 0.245 e. The molecule has 1 aliphatic rings. The lowest BCUT2D eigenvalue weighted by Crippen LogP contribution is -2.26. The fraction of sp³-hybridized carbons (Fsp3) is 0.500. The van der Waals surface area contributed by atoms with E-state index in [-0.39, 0.29) is 6.04 Å². The lowest BCUT2D eigenvalue weighted by atomic mass is 10.3. The predicted molar refractivity (Wildman–Crippen MR) is 63.4 cm³/mol. The van der Waals surface area contributed by atoms with Crippen molar-refractivity contribution in [1.82, 2.24) is 25.0 Å². The highest BCUT2D eigenvalue weighted by Crippen LogP contribution is 2.19. The van der Waals surface area contributed by atoms with Gasteiger partial charge in [-0.05, 0) is 6.42 Å². The normalized spacial score (nSPS) is 20.1. The molecule has 0 aromatic carbocycles. The van der Waals surface area contributed by atoms with Crippen LogP contribution in [0.5, 0.6) is 0 Å². The van der Waals surface area contributed by atoms with Gasteiger partial charge in [-0.3, -0.25) is 9.78 Å². The van der Waals surface area contributed by atoms with Crippen LogP contribution in [0, 0.1) is 0 Å². The van der Waals surface area contributed by atoms with Crippen molar-refractivity contribution in [2.75, 3.05) is 18.0 Å². The van der Waals surface area contributed by atoms with Crippen molar-refractivity contribution in [2.24, 2.45) is 12.8 Å². The maximum atomic E-state index is 5.86. The van der Waals surface area contributed by atoms with Crippen LogP contribution in [-0.4, -0.2) is 44.1 Å². The van der Waals surface area contributed by atoms with Gasteiger partial charge in [-0.25, -0.2) is 0 Å². The first kappa shape index (κ1) is 10.3. The third kappa shape index (κ3) is 1.89. The minimum Gasteiger partial charge on any atom is -0.338 e. The quantitative estimate of drug-likeness (QED) is 0.746. The van der Waals surface area contributed by atoms with E-state index in [9.17, 15) is 0 Å². The summed E-state index contributed by atoms with van der Waals surface area (Å²) in [4.78, 5) is 6.56. The topological polar surface area (TPSA) is 88.6 Å². The maximum absolute atomic E-state index is 5.86. The van der Waals surface area contributed by atoms with Crippen molar-refractivity contribution in [3.63, 3.8) is 0 Å². The number of rotatable bonds is 2. The molecule has 17 heavy (non-hydrogen) atoms. The van der Waals surface area contributed by atoms with Crippen molar-refractivity contribution in [3.05, 3.63) is 12.4 Å². The van der Waals surface area contributed by atoms with Crippen LogP contribution in [0.15, 0.2) is 12.4 Å². The Kier molecular flexibility index (Phi) is 2.32. The van der Waals surface area contributed by atoms with Crippen molar-refractivity contribution in [1.29, 1.82) is 0 Å². The predicted octanol–water partition coefficient (Wildman–Crippen LogP) is -0.257. The van der Waals surface area contributed by atoms with E-state index in [1.807, 2.05) is 13.2 Å². The average molecular weight is 233 g/mol. The van der Waals surface area contributed by atoms with E-state index in [4.69, 9.17) is 5.73 Å². The summed E-state index contributed by atoms with van der Waals surface area (Å²) in [6.07, 6.45) is 4.66. The highest BCUT2D eigenvalue weighted by Gasteiger charge is 2.22. The minimum atomic E-state index is 0.232.